The average Bonchev–Trinajstić information content (AvgIpc) is 2.74. The zero-order chi connectivity index (χ0) is 22.1. The molecule has 0 bridgehead atoms. The summed E-state index contributed by atoms with van der Waals surface area (Å²) in [6, 6.07) is 10.8. The number of nitrogens with one attached hydrogen (secondary N) is 1. The second kappa shape index (κ2) is 11.7. The summed E-state index contributed by atoms with van der Waals surface area (Å²) < 4.78 is 19.9. The summed E-state index contributed by atoms with van der Waals surface area (Å²) in [5, 5.41) is 2.86. The van der Waals surface area contributed by atoms with Gasteiger partial charge in [-0.3, -0.25) is 9.59 Å². The van der Waals surface area contributed by atoms with Gasteiger partial charge in [0.1, 0.15) is 17.6 Å². The highest BCUT2D eigenvalue weighted by Crippen LogP contribution is 2.22. The molecule has 0 aromatic heterocycles. The lowest BCUT2D eigenvalue weighted by Crippen LogP contribution is -2.50. The Balaban J connectivity index is 2.18. The summed E-state index contributed by atoms with van der Waals surface area (Å²) in [6.45, 7) is 6.31. The lowest BCUT2D eigenvalue weighted by atomic mass is 10.1. The van der Waals surface area contributed by atoms with E-state index in [9.17, 15) is 14.0 Å². The molecule has 7 heteroatoms. The second-order valence-electron chi connectivity index (χ2n) is 7.06. The summed E-state index contributed by atoms with van der Waals surface area (Å²) in [4.78, 5) is 27.2. The Labute approximate surface area is 185 Å². The van der Waals surface area contributed by atoms with Crippen molar-refractivity contribution in [2.75, 3.05) is 13.2 Å². The van der Waals surface area contributed by atoms with Gasteiger partial charge in [-0.05, 0) is 61.2 Å². The van der Waals surface area contributed by atoms with Crippen LogP contribution in [0.15, 0.2) is 46.9 Å². The van der Waals surface area contributed by atoms with Crippen LogP contribution in [0.3, 0.4) is 0 Å². The molecule has 2 rings (SSSR count). The quantitative estimate of drug-likeness (QED) is 0.542. The molecule has 1 N–H and O–H groups in total. The summed E-state index contributed by atoms with van der Waals surface area (Å²) in [7, 11) is 0. The zero-order valence-corrected chi connectivity index (χ0v) is 19.2. The summed E-state index contributed by atoms with van der Waals surface area (Å²) in [5.74, 6) is -0.278. The van der Waals surface area contributed by atoms with Crippen LogP contribution < -0.4 is 10.1 Å². The SMILES string of the molecule is CCCNC(=O)[C@@H](CC)N(Cc1ccc(F)cc1)C(=O)COc1ccc(Br)c(C)c1. The summed E-state index contributed by atoms with van der Waals surface area (Å²) in [5.41, 5.74) is 1.74. The van der Waals surface area contributed by atoms with Crippen molar-refractivity contribution in [3.8, 4) is 5.75 Å². The molecule has 0 spiro atoms. The van der Waals surface area contributed by atoms with Crippen LogP contribution in [0.4, 0.5) is 4.39 Å². The van der Waals surface area contributed by atoms with Gasteiger partial charge in [0.15, 0.2) is 6.61 Å². The molecule has 0 aliphatic carbocycles. The number of carbonyl (C=O) groups is 2. The number of carbonyl (C=O) groups excluding carboxylic acids is 2. The average molecular weight is 479 g/mol. The first-order valence-corrected chi connectivity index (χ1v) is 10.9. The molecule has 0 unspecified atom stereocenters. The third-order valence-electron chi connectivity index (χ3n) is 4.69. The molecule has 5 nitrogen and oxygen atoms in total. The Morgan fingerprint density at radius 3 is 2.47 bits per heavy atom. The van der Waals surface area contributed by atoms with Gasteiger partial charge < -0.3 is 15.0 Å². The fourth-order valence-corrected chi connectivity index (χ4v) is 3.25. The third-order valence-corrected chi connectivity index (χ3v) is 5.58. The van der Waals surface area contributed by atoms with Crippen molar-refractivity contribution in [1.82, 2.24) is 10.2 Å². The minimum Gasteiger partial charge on any atom is -0.484 e. The first-order chi connectivity index (χ1) is 14.3. The van der Waals surface area contributed by atoms with Gasteiger partial charge in [-0.15, -0.1) is 0 Å². The molecule has 0 saturated carbocycles. The van der Waals surface area contributed by atoms with E-state index in [1.165, 1.54) is 17.0 Å². The fourth-order valence-electron chi connectivity index (χ4n) is 3.01. The Morgan fingerprint density at radius 2 is 1.87 bits per heavy atom. The lowest BCUT2D eigenvalue weighted by Gasteiger charge is -2.30. The smallest absolute Gasteiger partial charge is 0.261 e. The zero-order valence-electron chi connectivity index (χ0n) is 17.6. The number of benzene rings is 2. The molecule has 162 valence electrons. The van der Waals surface area contributed by atoms with Crippen molar-refractivity contribution in [3.05, 3.63) is 63.9 Å². The van der Waals surface area contributed by atoms with Crippen molar-refractivity contribution >= 4 is 27.7 Å². The van der Waals surface area contributed by atoms with Gasteiger partial charge in [0.25, 0.3) is 5.91 Å². The normalized spacial score (nSPS) is 11.6. The van der Waals surface area contributed by atoms with E-state index in [2.05, 4.69) is 21.2 Å². The number of hydrogen-bond acceptors (Lipinski definition) is 3. The highest BCUT2D eigenvalue weighted by Gasteiger charge is 2.28. The first-order valence-electron chi connectivity index (χ1n) is 10.1. The molecule has 2 aromatic carbocycles. The molecule has 0 fully saturated rings. The largest absolute Gasteiger partial charge is 0.484 e. The number of halogens is 2. The van der Waals surface area contributed by atoms with Gasteiger partial charge in [-0.25, -0.2) is 4.39 Å². The molecule has 0 aliphatic rings. The summed E-state index contributed by atoms with van der Waals surface area (Å²) in [6.07, 6.45) is 1.26. The van der Waals surface area contributed by atoms with Gasteiger partial charge >= 0.3 is 0 Å². The van der Waals surface area contributed by atoms with Crippen molar-refractivity contribution in [3.63, 3.8) is 0 Å². The lowest BCUT2D eigenvalue weighted by molar-refractivity contribution is -0.143. The van der Waals surface area contributed by atoms with Crippen LogP contribution in [0.2, 0.25) is 0 Å². The molecular weight excluding hydrogens is 451 g/mol. The number of ether oxygens (including phenoxy) is 1. The fraction of sp³-hybridized carbons (Fsp3) is 0.391. The van der Waals surface area contributed by atoms with E-state index in [1.54, 1.807) is 18.2 Å². The predicted octanol–water partition coefficient (Wildman–Crippen LogP) is 4.61. The number of amides is 2. The monoisotopic (exact) mass is 478 g/mol. The van der Waals surface area contributed by atoms with E-state index in [4.69, 9.17) is 4.74 Å². The van der Waals surface area contributed by atoms with E-state index in [-0.39, 0.29) is 30.8 Å². The molecule has 0 saturated heterocycles. The number of nitrogens with zero attached hydrogens (tertiary/aromatic N) is 1. The maximum atomic E-state index is 13.3. The number of rotatable bonds is 10. The van der Waals surface area contributed by atoms with E-state index in [0.29, 0.717) is 18.7 Å². The van der Waals surface area contributed by atoms with Gasteiger partial charge in [0.05, 0.1) is 0 Å². The molecule has 2 amide bonds. The van der Waals surface area contributed by atoms with Crippen LogP contribution >= 0.6 is 15.9 Å². The van der Waals surface area contributed by atoms with Gasteiger partial charge in [-0.2, -0.15) is 0 Å². The van der Waals surface area contributed by atoms with Gasteiger partial charge in [0.2, 0.25) is 5.91 Å². The predicted molar refractivity (Wildman–Crippen MR) is 119 cm³/mol. The van der Waals surface area contributed by atoms with Crippen LogP contribution in [0, 0.1) is 12.7 Å². The van der Waals surface area contributed by atoms with E-state index >= 15 is 0 Å². The Bertz CT molecular complexity index is 858. The molecule has 0 radical (unpaired) electrons. The van der Waals surface area contributed by atoms with Crippen LogP contribution in [0.5, 0.6) is 5.75 Å². The maximum Gasteiger partial charge on any atom is 0.261 e. The van der Waals surface area contributed by atoms with Crippen LogP contribution in [-0.4, -0.2) is 35.9 Å². The van der Waals surface area contributed by atoms with Crippen molar-refractivity contribution in [1.29, 1.82) is 0 Å². The molecule has 1 atom stereocenters. The van der Waals surface area contributed by atoms with E-state index in [0.717, 1.165) is 22.0 Å². The van der Waals surface area contributed by atoms with Crippen LogP contribution in [-0.2, 0) is 16.1 Å². The van der Waals surface area contributed by atoms with Crippen molar-refractivity contribution < 1.29 is 18.7 Å². The molecule has 0 aliphatic heterocycles. The number of hydrogen-bond donors (Lipinski definition) is 1. The highest BCUT2D eigenvalue weighted by molar-refractivity contribution is 9.10. The minimum atomic E-state index is -0.635. The van der Waals surface area contributed by atoms with Crippen molar-refractivity contribution in [2.45, 2.75) is 46.2 Å². The maximum absolute atomic E-state index is 13.3. The minimum absolute atomic E-state index is 0.194. The van der Waals surface area contributed by atoms with Gasteiger partial charge in [-0.1, -0.05) is 41.9 Å². The van der Waals surface area contributed by atoms with E-state index in [1.807, 2.05) is 32.9 Å². The standard InChI is InChI=1S/C23H28BrFN2O3/c1-4-12-26-23(29)21(5-2)27(14-17-6-8-18(25)9-7-17)22(28)15-30-19-10-11-20(24)16(3)13-19/h6-11,13,21H,4-5,12,14-15H2,1-3H3,(H,26,29)/t21-/m1/s1. The van der Waals surface area contributed by atoms with E-state index < -0.39 is 6.04 Å². The third kappa shape index (κ3) is 6.83. The second-order valence-corrected chi connectivity index (χ2v) is 7.92. The molecule has 2 aromatic rings. The Hall–Kier alpha value is -2.41. The Morgan fingerprint density at radius 1 is 1.17 bits per heavy atom. The highest BCUT2D eigenvalue weighted by atomic mass is 79.9. The molecule has 0 heterocycles. The van der Waals surface area contributed by atoms with Crippen LogP contribution in [0.1, 0.15) is 37.8 Å². The topological polar surface area (TPSA) is 58.6 Å². The van der Waals surface area contributed by atoms with Gasteiger partial charge in [0, 0.05) is 17.6 Å². The first kappa shape index (κ1) is 23.9. The molecular formula is C23H28BrFN2O3. The van der Waals surface area contributed by atoms with Crippen LogP contribution in [0.25, 0.3) is 0 Å². The number of aryl methyl sites for hydroxylation is 1. The van der Waals surface area contributed by atoms with Crippen molar-refractivity contribution in [2.24, 2.45) is 0 Å². The molecule has 30 heavy (non-hydrogen) atoms. The Kier molecular flexibility index (Phi) is 9.30. The summed E-state index contributed by atoms with van der Waals surface area (Å²) >= 11 is 3.44.